The molecule has 0 fully saturated rings. The van der Waals surface area contributed by atoms with Crippen molar-refractivity contribution in [2.45, 2.75) is 19.8 Å². The molecule has 0 radical (unpaired) electrons. The van der Waals surface area contributed by atoms with Gasteiger partial charge in [0.2, 0.25) is 12.5 Å². The Morgan fingerprint density at radius 1 is 1.35 bits per heavy atom. The first-order chi connectivity index (χ1) is 10.7. The molecular formula is C14H16F2N2O5. The van der Waals surface area contributed by atoms with E-state index in [2.05, 4.69) is 10.1 Å². The maximum Gasteiger partial charge on any atom is 0.309 e. The van der Waals surface area contributed by atoms with Crippen LogP contribution in [0.25, 0.3) is 0 Å². The second-order valence-corrected chi connectivity index (χ2v) is 4.97. The molecule has 9 heteroatoms. The first-order valence-electron chi connectivity index (χ1n) is 6.63. The molecule has 23 heavy (non-hydrogen) atoms. The van der Waals surface area contributed by atoms with Gasteiger partial charge in [-0.15, -0.1) is 0 Å². The molecule has 2 atom stereocenters. The molecule has 7 nitrogen and oxygen atoms in total. The van der Waals surface area contributed by atoms with Gasteiger partial charge in [0.15, 0.2) is 0 Å². The van der Waals surface area contributed by atoms with Crippen molar-refractivity contribution in [2.24, 2.45) is 5.92 Å². The molecule has 0 aliphatic carbocycles. The van der Waals surface area contributed by atoms with Gasteiger partial charge in [-0.25, -0.2) is 8.78 Å². The molecule has 0 bridgehead atoms. The van der Waals surface area contributed by atoms with Crippen LogP contribution in [0.1, 0.15) is 25.3 Å². The van der Waals surface area contributed by atoms with Crippen molar-refractivity contribution in [1.29, 1.82) is 0 Å². The highest BCUT2D eigenvalue weighted by Gasteiger charge is 2.35. The van der Waals surface area contributed by atoms with Crippen LogP contribution in [0.3, 0.4) is 0 Å². The van der Waals surface area contributed by atoms with Gasteiger partial charge < -0.3 is 10.1 Å². The normalized spacial score (nSPS) is 13.1. The number of benzene rings is 1. The molecule has 1 amide bonds. The molecule has 0 aromatic heterocycles. The fourth-order valence-electron chi connectivity index (χ4n) is 2.22. The maximum atomic E-state index is 14.2. The molecule has 1 aromatic carbocycles. The molecule has 0 saturated heterocycles. The maximum absolute atomic E-state index is 14.2. The van der Waals surface area contributed by atoms with E-state index in [1.165, 1.54) is 13.8 Å². The summed E-state index contributed by atoms with van der Waals surface area (Å²) in [7, 11) is 1.08. The minimum absolute atomic E-state index is 0.123. The zero-order chi connectivity index (χ0) is 17.7. The number of amides is 1. The molecule has 1 N–H and O–H groups in total. The predicted octanol–water partition coefficient (Wildman–Crippen LogP) is 2.09. The number of nitrogens with zero attached hydrogens (tertiary/aromatic N) is 1. The van der Waals surface area contributed by atoms with Crippen molar-refractivity contribution in [3.63, 3.8) is 0 Å². The van der Waals surface area contributed by atoms with E-state index >= 15 is 0 Å². The van der Waals surface area contributed by atoms with E-state index in [1.54, 1.807) is 0 Å². The quantitative estimate of drug-likeness (QED) is 0.489. The van der Waals surface area contributed by atoms with Gasteiger partial charge in [0.25, 0.3) is 0 Å². The van der Waals surface area contributed by atoms with Gasteiger partial charge in [0.05, 0.1) is 18.9 Å². The fourth-order valence-corrected chi connectivity index (χ4v) is 2.22. The summed E-state index contributed by atoms with van der Waals surface area (Å²) in [6.45, 7) is 1.61. The van der Waals surface area contributed by atoms with Crippen LogP contribution in [0.4, 0.5) is 14.5 Å². The van der Waals surface area contributed by atoms with E-state index in [4.69, 9.17) is 0 Å². The monoisotopic (exact) mass is 330 g/mol. The van der Waals surface area contributed by atoms with Gasteiger partial charge in [-0.3, -0.25) is 19.7 Å². The number of nitro groups is 1. The van der Waals surface area contributed by atoms with Crippen LogP contribution in [-0.2, 0) is 14.3 Å². The Hall–Kier alpha value is -2.58. The summed E-state index contributed by atoms with van der Waals surface area (Å²) < 4.78 is 32.9. The largest absolute Gasteiger partial charge is 0.469 e. The Labute approximate surface area is 130 Å². The number of carbonyl (C=O) groups excluding carboxylic acids is 2. The Bertz CT molecular complexity index is 613. The molecule has 1 unspecified atom stereocenters. The van der Waals surface area contributed by atoms with Crippen molar-refractivity contribution in [3.8, 4) is 0 Å². The third kappa shape index (κ3) is 4.70. The average Bonchev–Trinajstić information content (AvgIpc) is 2.42. The minimum Gasteiger partial charge on any atom is -0.469 e. The van der Waals surface area contributed by atoms with Crippen molar-refractivity contribution >= 4 is 17.6 Å². The smallest absolute Gasteiger partial charge is 0.309 e. The summed E-state index contributed by atoms with van der Waals surface area (Å²) in [5.74, 6) is -5.99. The Morgan fingerprint density at radius 3 is 2.26 bits per heavy atom. The molecule has 0 spiro atoms. The summed E-state index contributed by atoms with van der Waals surface area (Å²) in [6, 6.07) is 1.69. The number of hydrogen-bond acceptors (Lipinski definition) is 5. The third-order valence-corrected chi connectivity index (χ3v) is 3.29. The lowest BCUT2D eigenvalue weighted by Crippen LogP contribution is -2.28. The average molecular weight is 330 g/mol. The lowest BCUT2D eigenvalue weighted by atomic mass is 9.86. The van der Waals surface area contributed by atoms with Crippen molar-refractivity contribution in [1.82, 2.24) is 0 Å². The summed E-state index contributed by atoms with van der Waals surface area (Å²) in [6.07, 6.45) is 0. The molecular weight excluding hydrogens is 314 g/mol. The molecule has 1 aromatic rings. The molecule has 0 heterocycles. The number of nitrogens with one attached hydrogen (secondary N) is 1. The highest BCUT2D eigenvalue weighted by Crippen LogP contribution is 2.32. The van der Waals surface area contributed by atoms with E-state index in [9.17, 15) is 28.5 Å². The summed E-state index contributed by atoms with van der Waals surface area (Å²) in [5, 5.41) is 13.0. The van der Waals surface area contributed by atoms with Gasteiger partial charge in [0.1, 0.15) is 11.6 Å². The minimum atomic E-state index is -1.34. The SMILES string of the molecule is COC(=O)C(C)[C@@H](C[N+](=O)[O-])c1c(F)cc(NC(C)=O)cc1F. The Kier molecular flexibility index (Phi) is 6.11. The zero-order valence-electron chi connectivity index (χ0n) is 12.8. The lowest BCUT2D eigenvalue weighted by Gasteiger charge is -2.20. The van der Waals surface area contributed by atoms with Gasteiger partial charge in [-0.05, 0) is 12.1 Å². The number of rotatable bonds is 6. The van der Waals surface area contributed by atoms with E-state index in [1.807, 2.05) is 0 Å². The molecule has 0 saturated carbocycles. The second-order valence-electron chi connectivity index (χ2n) is 4.97. The van der Waals surface area contributed by atoms with Crippen LogP contribution in [0.15, 0.2) is 12.1 Å². The Morgan fingerprint density at radius 2 is 1.87 bits per heavy atom. The predicted molar refractivity (Wildman–Crippen MR) is 76.4 cm³/mol. The van der Waals surface area contributed by atoms with Crippen molar-refractivity contribution < 1.29 is 28.0 Å². The fraction of sp³-hybridized carbons (Fsp3) is 0.429. The van der Waals surface area contributed by atoms with Crippen LogP contribution >= 0.6 is 0 Å². The standard InChI is InChI=1S/C14H16F2N2O5/c1-7(14(20)23-3)10(6-18(21)22)13-11(15)4-9(5-12(13)16)17-8(2)19/h4-5,7,10H,6H2,1-3H3,(H,17,19)/t7?,10-/m1/s1. The first-order valence-corrected chi connectivity index (χ1v) is 6.63. The Balaban J connectivity index is 3.33. The number of anilines is 1. The van der Waals surface area contributed by atoms with Gasteiger partial charge in [0, 0.05) is 23.1 Å². The summed E-state index contributed by atoms with van der Waals surface area (Å²) in [4.78, 5) is 32.6. The van der Waals surface area contributed by atoms with Crippen molar-refractivity contribution in [2.75, 3.05) is 19.0 Å². The van der Waals surface area contributed by atoms with Crippen molar-refractivity contribution in [3.05, 3.63) is 39.4 Å². The number of halogens is 2. The third-order valence-electron chi connectivity index (χ3n) is 3.29. The van der Waals surface area contributed by atoms with Gasteiger partial charge in [-0.2, -0.15) is 0 Å². The molecule has 126 valence electrons. The number of hydrogen-bond donors (Lipinski definition) is 1. The molecule has 0 aliphatic rings. The topological polar surface area (TPSA) is 98.5 Å². The first kappa shape index (κ1) is 18.5. The number of esters is 1. The summed E-state index contributed by atoms with van der Waals surface area (Å²) >= 11 is 0. The molecule has 1 rings (SSSR count). The summed E-state index contributed by atoms with van der Waals surface area (Å²) in [5.41, 5.74) is -0.712. The van der Waals surface area contributed by atoms with Crippen LogP contribution in [0, 0.1) is 27.7 Å². The van der Waals surface area contributed by atoms with Crippen LogP contribution in [0.5, 0.6) is 0 Å². The number of carbonyl (C=O) groups is 2. The van der Waals surface area contributed by atoms with E-state index < -0.39 is 52.4 Å². The van der Waals surface area contributed by atoms with Gasteiger partial charge >= 0.3 is 5.97 Å². The van der Waals surface area contributed by atoms with E-state index in [0.29, 0.717) is 0 Å². The highest BCUT2D eigenvalue weighted by molar-refractivity contribution is 5.88. The number of methoxy groups -OCH3 is 1. The van der Waals surface area contributed by atoms with Crippen LogP contribution in [-0.4, -0.2) is 30.5 Å². The number of ether oxygens (including phenoxy) is 1. The van der Waals surface area contributed by atoms with Crippen LogP contribution < -0.4 is 5.32 Å². The zero-order valence-corrected chi connectivity index (χ0v) is 12.8. The van der Waals surface area contributed by atoms with E-state index in [-0.39, 0.29) is 5.69 Å². The second kappa shape index (κ2) is 7.61. The lowest BCUT2D eigenvalue weighted by molar-refractivity contribution is -0.484. The van der Waals surface area contributed by atoms with E-state index in [0.717, 1.165) is 19.2 Å². The molecule has 0 aliphatic heterocycles. The highest BCUT2D eigenvalue weighted by atomic mass is 19.1. The van der Waals surface area contributed by atoms with Gasteiger partial charge in [-0.1, -0.05) is 6.92 Å². The van der Waals surface area contributed by atoms with Crippen LogP contribution in [0.2, 0.25) is 0 Å².